The Morgan fingerprint density at radius 2 is 2.12 bits per heavy atom. The summed E-state index contributed by atoms with van der Waals surface area (Å²) in [7, 11) is 1.31. The van der Waals surface area contributed by atoms with E-state index in [2.05, 4.69) is 0 Å². The first kappa shape index (κ1) is 13.9. The second-order valence-electron chi connectivity index (χ2n) is 3.18. The highest BCUT2D eigenvalue weighted by atomic mass is 35.5. The topological polar surface area (TPSA) is 43.4 Å². The predicted molar refractivity (Wildman–Crippen MR) is 62.7 cm³/mol. The minimum atomic E-state index is -1.39. The van der Waals surface area contributed by atoms with Gasteiger partial charge in [-0.3, -0.25) is 9.59 Å². The number of hydrogen-bond donors (Lipinski definition) is 0. The second-order valence-corrected chi connectivity index (χ2v) is 3.88. The smallest absolute Gasteiger partial charge is 0.188 e. The Morgan fingerprint density at radius 3 is 2.59 bits per heavy atom. The van der Waals surface area contributed by atoms with Crippen molar-refractivity contribution in [2.45, 2.75) is 5.38 Å². The first-order chi connectivity index (χ1) is 8.01. The maximum absolute atomic E-state index is 13.3. The lowest BCUT2D eigenvalue weighted by atomic mass is 10.1. The van der Waals surface area contributed by atoms with Gasteiger partial charge >= 0.3 is 0 Å². The molecule has 0 aliphatic carbocycles. The molecule has 92 valence electrons. The van der Waals surface area contributed by atoms with Crippen LogP contribution in [0.5, 0.6) is 5.75 Å². The van der Waals surface area contributed by atoms with Crippen molar-refractivity contribution in [3.63, 3.8) is 0 Å². The van der Waals surface area contributed by atoms with E-state index in [-0.39, 0.29) is 17.2 Å². The highest BCUT2D eigenvalue weighted by Gasteiger charge is 2.24. The molecule has 1 aromatic rings. The number of rotatable bonds is 5. The lowest BCUT2D eigenvalue weighted by Crippen LogP contribution is -2.25. The summed E-state index contributed by atoms with van der Waals surface area (Å²) in [5.41, 5.74) is 0.00164. The molecule has 0 aromatic heterocycles. The third kappa shape index (κ3) is 3.17. The summed E-state index contributed by atoms with van der Waals surface area (Å²) < 4.78 is 18.0. The number of Topliss-reactive ketones (excluding diaryl/α,β-unsaturated/α-hetero) is 2. The fourth-order valence-corrected chi connectivity index (χ4v) is 1.62. The molecule has 0 aliphatic heterocycles. The molecule has 0 N–H and O–H groups in total. The van der Waals surface area contributed by atoms with E-state index in [1.165, 1.54) is 19.2 Å². The molecule has 0 saturated heterocycles. The lowest BCUT2D eigenvalue weighted by molar-refractivity contribution is -0.115. The summed E-state index contributed by atoms with van der Waals surface area (Å²) in [6.45, 7) is 0. The zero-order chi connectivity index (χ0) is 13.0. The van der Waals surface area contributed by atoms with Crippen LogP contribution in [0.2, 0.25) is 0 Å². The molecule has 1 unspecified atom stereocenters. The maximum atomic E-state index is 13.3. The second kappa shape index (κ2) is 5.98. The van der Waals surface area contributed by atoms with Gasteiger partial charge in [0.2, 0.25) is 0 Å². The predicted octanol–water partition coefficient (Wildman–Crippen LogP) is 2.43. The van der Waals surface area contributed by atoms with Gasteiger partial charge in [0.25, 0.3) is 0 Å². The van der Waals surface area contributed by atoms with Crippen LogP contribution in [0.3, 0.4) is 0 Å². The Balaban J connectivity index is 2.97. The average Bonchev–Trinajstić information content (AvgIpc) is 2.35. The van der Waals surface area contributed by atoms with Crippen molar-refractivity contribution >= 4 is 34.8 Å². The van der Waals surface area contributed by atoms with Crippen LogP contribution in [-0.2, 0) is 4.79 Å². The zero-order valence-electron chi connectivity index (χ0n) is 8.88. The first-order valence-corrected chi connectivity index (χ1v) is 5.58. The van der Waals surface area contributed by atoms with E-state index in [0.29, 0.717) is 0 Å². The molecule has 1 atom stereocenters. The Hall–Kier alpha value is -1.13. The van der Waals surface area contributed by atoms with Crippen LogP contribution < -0.4 is 4.74 Å². The van der Waals surface area contributed by atoms with Gasteiger partial charge in [-0.15, -0.1) is 23.2 Å². The van der Waals surface area contributed by atoms with E-state index in [4.69, 9.17) is 27.9 Å². The molecule has 0 heterocycles. The summed E-state index contributed by atoms with van der Waals surface area (Å²) in [4.78, 5) is 22.8. The van der Waals surface area contributed by atoms with E-state index < -0.39 is 22.8 Å². The standard InChI is InChI=1S/C11H9Cl2FO3/c1-17-9-3-2-6(4-7(9)14)11(16)10(13)8(15)5-12/h2-4,10H,5H2,1H3. The van der Waals surface area contributed by atoms with Crippen LogP contribution >= 0.6 is 23.2 Å². The van der Waals surface area contributed by atoms with Crippen LogP contribution in [-0.4, -0.2) is 29.9 Å². The molecular weight excluding hydrogens is 270 g/mol. The SMILES string of the molecule is COc1ccc(C(=O)C(Cl)C(=O)CCl)cc1F. The van der Waals surface area contributed by atoms with Gasteiger partial charge in [0.15, 0.2) is 28.5 Å². The van der Waals surface area contributed by atoms with E-state index in [1.54, 1.807) is 0 Å². The van der Waals surface area contributed by atoms with Crippen LogP contribution in [0.15, 0.2) is 18.2 Å². The molecule has 0 aliphatic rings. The quantitative estimate of drug-likeness (QED) is 0.472. The Morgan fingerprint density at radius 1 is 1.47 bits per heavy atom. The molecule has 6 heteroatoms. The van der Waals surface area contributed by atoms with Crippen LogP contribution in [0.25, 0.3) is 0 Å². The van der Waals surface area contributed by atoms with Gasteiger partial charge in [0.05, 0.1) is 13.0 Å². The summed E-state index contributed by atoms with van der Waals surface area (Å²) in [5, 5.41) is -1.39. The molecule has 0 spiro atoms. The number of hydrogen-bond acceptors (Lipinski definition) is 3. The van der Waals surface area contributed by atoms with Gasteiger partial charge in [-0.25, -0.2) is 4.39 Å². The fraction of sp³-hybridized carbons (Fsp3) is 0.273. The third-order valence-electron chi connectivity index (χ3n) is 2.08. The molecule has 3 nitrogen and oxygen atoms in total. The van der Waals surface area contributed by atoms with Crippen molar-refractivity contribution in [1.29, 1.82) is 0 Å². The third-order valence-corrected chi connectivity index (χ3v) is 2.79. The first-order valence-electron chi connectivity index (χ1n) is 4.61. The number of benzene rings is 1. The number of alkyl halides is 2. The van der Waals surface area contributed by atoms with Crippen LogP contribution in [0, 0.1) is 5.82 Å². The van der Waals surface area contributed by atoms with Gasteiger partial charge in [0.1, 0.15) is 0 Å². The van der Waals surface area contributed by atoms with Crippen LogP contribution in [0.1, 0.15) is 10.4 Å². The Kier molecular flexibility index (Phi) is 4.90. The highest BCUT2D eigenvalue weighted by molar-refractivity contribution is 6.47. The fourth-order valence-electron chi connectivity index (χ4n) is 1.18. The van der Waals surface area contributed by atoms with Crippen LogP contribution in [0.4, 0.5) is 4.39 Å². The van der Waals surface area contributed by atoms with Gasteiger partial charge < -0.3 is 4.74 Å². The van der Waals surface area contributed by atoms with Gasteiger partial charge in [-0.2, -0.15) is 0 Å². The number of carbonyl (C=O) groups excluding carboxylic acids is 2. The molecule has 0 fully saturated rings. The molecule has 1 aromatic carbocycles. The van der Waals surface area contributed by atoms with Gasteiger partial charge in [-0.1, -0.05) is 0 Å². The summed E-state index contributed by atoms with van der Waals surface area (Å²) in [6, 6.07) is 3.59. The van der Waals surface area contributed by atoms with Gasteiger partial charge in [-0.05, 0) is 18.2 Å². The molecular formula is C11H9Cl2FO3. The molecule has 1 rings (SSSR count). The number of methoxy groups -OCH3 is 1. The number of ketones is 2. The largest absolute Gasteiger partial charge is 0.494 e. The van der Waals surface area contributed by atoms with E-state index in [9.17, 15) is 14.0 Å². The minimum absolute atomic E-state index is 0.00164. The van der Waals surface area contributed by atoms with Crippen molar-refractivity contribution in [2.24, 2.45) is 0 Å². The van der Waals surface area contributed by atoms with Crippen molar-refractivity contribution in [3.05, 3.63) is 29.6 Å². The maximum Gasteiger partial charge on any atom is 0.188 e. The summed E-state index contributed by atoms with van der Waals surface area (Å²) in [6.07, 6.45) is 0. The summed E-state index contributed by atoms with van der Waals surface area (Å²) >= 11 is 10.9. The zero-order valence-corrected chi connectivity index (χ0v) is 10.4. The summed E-state index contributed by atoms with van der Waals surface area (Å²) in [5.74, 6) is -2.34. The minimum Gasteiger partial charge on any atom is -0.494 e. The van der Waals surface area contributed by atoms with Crippen molar-refractivity contribution in [3.8, 4) is 5.75 Å². The molecule has 0 radical (unpaired) electrons. The van der Waals surface area contributed by atoms with Gasteiger partial charge in [0, 0.05) is 5.56 Å². The molecule has 0 bridgehead atoms. The average molecular weight is 279 g/mol. The van der Waals surface area contributed by atoms with Crippen molar-refractivity contribution < 1.29 is 18.7 Å². The monoisotopic (exact) mass is 278 g/mol. The number of halogens is 3. The normalized spacial score (nSPS) is 12.0. The van der Waals surface area contributed by atoms with Crippen molar-refractivity contribution in [1.82, 2.24) is 0 Å². The lowest BCUT2D eigenvalue weighted by Gasteiger charge is -2.07. The van der Waals surface area contributed by atoms with E-state index in [0.717, 1.165) is 6.07 Å². The Bertz CT molecular complexity index is 448. The molecule has 0 amide bonds. The highest BCUT2D eigenvalue weighted by Crippen LogP contribution is 2.19. The van der Waals surface area contributed by atoms with E-state index in [1.807, 2.05) is 0 Å². The molecule has 17 heavy (non-hydrogen) atoms. The van der Waals surface area contributed by atoms with Crippen molar-refractivity contribution in [2.75, 3.05) is 13.0 Å². The number of ether oxygens (including phenoxy) is 1. The van der Waals surface area contributed by atoms with E-state index >= 15 is 0 Å². The molecule has 0 saturated carbocycles. The Labute approximate surface area is 107 Å². The number of carbonyl (C=O) groups is 2.